The first-order valence-corrected chi connectivity index (χ1v) is 7.27. The molecule has 0 aliphatic heterocycles. The predicted molar refractivity (Wildman–Crippen MR) is 80.9 cm³/mol. The van der Waals surface area contributed by atoms with Gasteiger partial charge in [-0.2, -0.15) is 0 Å². The topological polar surface area (TPSA) is 29.5 Å². The van der Waals surface area contributed by atoms with Crippen molar-refractivity contribution in [3.63, 3.8) is 0 Å². The first-order valence-electron chi connectivity index (χ1n) is 6.08. The minimum absolute atomic E-state index is 0.200. The highest BCUT2D eigenvalue weighted by Crippen LogP contribution is 2.33. The Kier molecular flexibility index (Phi) is 6.17. The van der Waals surface area contributed by atoms with E-state index < -0.39 is 4.75 Å². The lowest BCUT2D eigenvalue weighted by atomic mass is 10.2. The third-order valence-electron chi connectivity index (χ3n) is 2.45. The minimum Gasteiger partial charge on any atom is -0.463 e. The van der Waals surface area contributed by atoms with Crippen molar-refractivity contribution in [1.82, 2.24) is 4.90 Å². The number of thioether (sulfide) groups is 1. The van der Waals surface area contributed by atoms with E-state index in [1.54, 1.807) is 0 Å². The number of esters is 1. The summed E-state index contributed by atoms with van der Waals surface area (Å²) in [6.07, 6.45) is 0. The molecule has 5 heteroatoms. The van der Waals surface area contributed by atoms with Crippen molar-refractivity contribution in [3.05, 3.63) is 29.3 Å². The van der Waals surface area contributed by atoms with Crippen molar-refractivity contribution < 1.29 is 9.53 Å². The van der Waals surface area contributed by atoms with E-state index in [0.29, 0.717) is 11.6 Å². The summed E-state index contributed by atoms with van der Waals surface area (Å²) in [7, 11) is 3.89. The normalized spacial score (nSPS) is 11.7. The zero-order valence-corrected chi connectivity index (χ0v) is 13.3. The van der Waals surface area contributed by atoms with Gasteiger partial charge in [0.1, 0.15) is 11.4 Å². The van der Waals surface area contributed by atoms with Crippen molar-refractivity contribution in [2.24, 2.45) is 0 Å². The molecule has 1 aromatic rings. The molecule has 0 saturated heterocycles. The van der Waals surface area contributed by atoms with Crippen LogP contribution in [0.3, 0.4) is 0 Å². The van der Waals surface area contributed by atoms with Crippen molar-refractivity contribution >= 4 is 29.3 Å². The van der Waals surface area contributed by atoms with Gasteiger partial charge in [0.05, 0.1) is 0 Å². The summed E-state index contributed by atoms with van der Waals surface area (Å²) in [6, 6.07) is 7.44. The van der Waals surface area contributed by atoms with Crippen LogP contribution in [0.5, 0.6) is 0 Å². The minimum atomic E-state index is -0.611. The van der Waals surface area contributed by atoms with Crippen molar-refractivity contribution in [3.8, 4) is 0 Å². The van der Waals surface area contributed by atoms with Crippen molar-refractivity contribution in [2.45, 2.75) is 23.5 Å². The molecule has 106 valence electrons. The number of carbonyl (C=O) groups excluding carboxylic acids is 1. The number of hydrogen-bond acceptors (Lipinski definition) is 4. The molecule has 3 nitrogen and oxygen atoms in total. The molecule has 0 aromatic heterocycles. The summed E-state index contributed by atoms with van der Waals surface area (Å²) >= 11 is 7.31. The molecule has 0 saturated carbocycles. The fourth-order valence-corrected chi connectivity index (χ4v) is 2.46. The first kappa shape index (κ1) is 16.3. The molecule has 0 amide bonds. The molecule has 0 spiro atoms. The Morgan fingerprint density at radius 3 is 2.42 bits per heavy atom. The monoisotopic (exact) mass is 301 g/mol. The Hall–Kier alpha value is -0.710. The number of nitrogens with zero attached hydrogens (tertiary/aromatic N) is 1. The number of hydrogen-bond donors (Lipinski definition) is 0. The fraction of sp³-hybridized carbons (Fsp3) is 0.500. The van der Waals surface area contributed by atoms with Crippen LogP contribution in [0, 0.1) is 0 Å². The Morgan fingerprint density at radius 1 is 1.32 bits per heavy atom. The van der Waals surface area contributed by atoms with Gasteiger partial charge in [0.2, 0.25) is 0 Å². The van der Waals surface area contributed by atoms with Gasteiger partial charge >= 0.3 is 5.97 Å². The van der Waals surface area contributed by atoms with E-state index in [0.717, 1.165) is 11.4 Å². The molecule has 0 bridgehead atoms. The molecule has 0 atom stereocenters. The largest absolute Gasteiger partial charge is 0.463 e. The van der Waals surface area contributed by atoms with Gasteiger partial charge in [-0.3, -0.25) is 4.79 Å². The molecular formula is C14H20ClNO2S. The standard InChI is InChI=1S/C14H20ClNO2S/c1-14(2,13(17)18-10-9-16(3)4)19-12-7-5-11(15)6-8-12/h5-8H,9-10H2,1-4H3. The maximum Gasteiger partial charge on any atom is 0.322 e. The second-order valence-electron chi connectivity index (χ2n) is 5.01. The lowest BCUT2D eigenvalue weighted by Gasteiger charge is -2.22. The van der Waals surface area contributed by atoms with Crippen LogP contribution in [-0.4, -0.2) is 42.9 Å². The Morgan fingerprint density at radius 2 is 1.89 bits per heavy atom. The summed E-state index contributed by atoms with van der Waals surface area (Å²) < 4.78 is 4.68. The summed E-state index contributed by atoms with van der Waals surface area (Å²) in [4.78, 5) is 15.0. The Labute approximate surface area is 124 Å². The lowest BCUT2D eigenvalue weighted by Crippen LogP contribution is -2.32. The maximum absolute atomic E-state index is 12.0. The summed E-state index contributed by atoms with van der Waals surface area (Å²) in [5.41, 5.74) is 0. The van der Waals surface area contributed by atoms with Crippen LogP contribution in [0.25, 0.3) is 0 Å². The SMILES string of the molecule is CN(C)CCOC(=O)C(C)(C)Sc1ccc(Cl)cc1. The van der Waals surface area contributed by atoms with E-state index in [1.165, 1.54) is 11.8 Å². The number of likely N-dealkylation sites (N-methyl/N-ethyl adjacent to an activating group) is 1. The highest BCUT2D eigenvalue weighted by atomic mass is 35.5. The van der Waals surface area contributed by atoms with Gasteiger partial charge in [0.25, 0.3) is 0 Å². The van der Waals surface area contributed by atoms with Gasteiger partial charge < -0.3 is 9.64 Å². The summed E-state index contributed by atoms with van der Waals surface area (Å²) in [5, 5.41) is 0.690. The number of carbonyl (C=O) groups is 1. The summed E-state index contributed by atoms with van der Waals surface area (Å²) in [6.45, 7) is 4.87. The van der Waals surface area contributed by atoms with Crippen LogP contribution in [0.1, 0.15) is 13.8 Å². The molecule has 1 rings (SSSR count). The van der Waals surface area contributed by atoms with Gasteiger partial charge in [-0.25, -0.2) is 0 Å². The van der Waals surface area contributed by atoms with E-state index in [9.17, 15) is 4.79 Å². The molecule has 0 radical (unpaired) electrons. The summed E-state index contributed by atoms with van der Waals surface area (Å²) in [5.74, 6) is -0.200. The van der Waals surface area contributed by atoms with E-state index in [-0.39, 0.29) is 5.97 Å². The fourth-order valence-electron chi connectivity index (χ4n) is 1.33. The van der Waals surface area contributed by atoms with Gasteiger partial charge in [0.15, 0.2) is 0 Å². The van der Waals surface area contributed by atoms with Crippen LogP contribution in [-0.2, 0) is 9.53 Å². The lowest BCUT2D eigenvalue weighted by molar-refractivity contribution is -0.145. The molecule has 0 heterocycles. The van der Waals surface area contributed by atoms with Gasteiger partial charge in [0, 0.05) is 16.5 Å². The van der Waals surface area contributed by atoms with E-state index >= 15 is 0 Å². The smallest absolute Gasteiger partial charge is 0.322 e. The van der Waals surface area contributed by atoms with Crippen LogP contribution in [0.4, 0.5) is 0 Å². The zero-order chi connectivity index (χ0) is 14.5. The highest BCUT2D eigenvalue weighted by molar-refractivity contribution is 8.01. The molecular weight excluding hydrogens is 282 g/mol. The molecule has 0 fully saturated rings. The van der Waals surface area contributed by atoms with Crippen LogP contribution in [0.15, 0.2) is 29.2 Å². The highest BCUT2D eigenvalue weighted by Gasteiger charge is 2.30. The Balaban J connectivity index is 2.54. The van der Waals surface area contributed by atoms with E-state index in [4.69, 9.17) is 16.3 Å². The van der Waals surface area contributed by atoms with Gasteiger partial charge in [-0.05, 0) is 52.2 Å². The number of ether oxygens (including phenoxy) is 1. The molecule has 0 unspecified atom stereocenters. The van der Waals surface area contributed by atoms with Crippen molar-refractivity contribution in [1.29, 1.82) is 0 Å². The van der Waals surface area contributed by atoms with E-state index in [2.05, 4.69) is 0 Å². The molecule has 19 heavy (non-hydrogen) atoms. The third-order valence-corrected chi connectivity index (χ3v) is 3.89. The average Bonchev–Trinajstić information content (AvgIpc) is 2.31. The quantitative estimate of drug-likeness (QED) is 0.595. The molecule has 0 N–H and O–H groups in total. The average molecular weight is 302 g/mol. The van der Waals surface area contributed by atoms with Gasteiger partial charge in [-0.1, -0.05) is 11.6 Å². The van der Waals surface area contributed by atoms with Crippen molar-refractivity contribution in [2.75, 3.05) is 27.2 Å². The maximum atomic E-state index is 12.0. The molecule has 1 aromatic carbocycles. The second kappa shape index (κ2) is 7.17. The number of rotatable bonds is 6. The predicted octanol–water partition coefficient (Wildman–Crippen LogP) is 3.32. The molecule has 0 aliphatic carbocycles. The zero-order valence-electron chi connectivity index (χ0n) is 11.8. The third kappa shape index (κ3) is 5.85. The van der Waals surface area contributed by atoms with Crippen LogP contribution < -0.4 is 0 Å². The number of benzene rings is 1. The molecule has 0 aliphatic rings. The van der Waals surface area contributed by atoms with Crippen LogP contribution >= 0.6 is 23.4 Å². The Bertz CT molecular complexity index is 418. The van der Waals surface area contributed by atoms with E-state index in [1.807, 2.05) is 57.1 Å². The number of halogens is 1. The van der Waals surface area contributed by atoms with Crippen LogP contribution in [0.2, 0.25) is 5.02 Å². The second-order valence-corrected chi connectivity index (χ2v) is 7.14. The first-order chi connectivity index (χ1) is 8.81. The van der Waals surface area contributed by atoms with Gasteiger partial charge in [-0.15, -0.1) is 11.8 Å².